The van der Waals surface area contributed by atoms with E-state index in [2.05, 4.69) is 246 Å². The second kappa shape index (κ2) is 16.2. The van der Waals surface area contributed by atoms with Crippen LogP contribution in [-0.4, -0.2) is 9.55 Å². The highest BCUT2D eigenvalue weighted by molar-refractivity contribution is 5.89. The summed E-state index contributed by atoms with van der Waals surface area (Å²) >= 11 is 0. The maximum absolute atomic E-state index is 5.27. The fraction of sp³-hybridized carbons (Fsp3) is 0.250. The molecule has 0 atom stereocenters. The molecule has 0 aliphatic heterocycles. The zero-order chi connectivity index (χ0) is 44.1. The monoisotopic (exact) mass is 810 g/mol. The summed E-state index contributed by atoms with van der Waals surface area (Å²) < 4.78 is 2.39. The number of nitrogens with zero attached hydrogens (tertiary/aromatic N) is 2. The Labute approximate surface area is 371 Å². The van der Waals surface area contributed by atoms with Crippen LogP contribution in [0.25, 0.3) is 61.7 Å². The smallest absolute Gasteiger partial charge is 0.145 e. The number of para-hydroxylation sites is 1. The lowest BCUT2D eigenvalue weighted by molar-refractivity contribution is 0.590. The predicted octanol–water partition coefficient (Wildman–Crippen LogP) is 16.4. The van der Waals surface area contributed by atoms with Gasteiger partial charge >= 0.3 is 0 Å². The third kappa shape index (κ3) is 8.00. The second-order valence-electron chi connectivity index (χ2n) is 19.9. The molecule has 0 radical (unpaired) electrons. The molecule has 8 aromatic rings. The minimum atomic E-state index is -0.128. The Morgan fingerprint density at radius 2 is 0.855 bits per heavy atom. The van der Waals surface area contributed by atoms with Crippen LogP contribution < -0.4 is 0 Å². The van der Waals surface area contributed by atoms with Gasteiger partial charge in [-0.2, -0.15) is 0 Å². The molecular weight excluding hydrogens is 749 g/mol. The summed E-state index contributed by atoms with van der Waals surface area (Å²) in [5.41, 5.74) is 22.1. The molecule has 62 heavy (non-hydrogen) atoms. The van der Waals surface area contributed by atoms with E-state index < -0.39 is 0 Å². The molecule has 2 heteroatoms. The van der Waals surface area contributed by atoms with E-state index in [-0.39, 0.29) is 16.2 Å². The van der Waals surface area contributed by atoms with E-state index in [9.17, 15) is 0 Å². The molecule has 8 rings (SSSR count). The molecule has 1 heterocycles. The highest BCUT2D eigenvalue weighted by atomic mass is 15.1. The third-order valence-corrected chi connectivity index (χ3v) is 13.2. The van der Waals surface area contributed by atoms with Crippen molar-refractivity contribution >= 4 is 0 Å². The van der Waals surface area contributed by atoms with Gasteiger partial charge in [-0.15, -0.1) is 0 Å². The van der Waals surface area contributed by atoms with Crippen LogP contribution in [0.1, 0.15) is 99.9 Å². The minimum Gasteiger partial charge on any atom is -0.292 e. The van der Waals surface area contributed by atoms with Crippen molar-refractivity contribution in [2.45, 2.75) is 99.3 Å². The lowest BCUT2D eigenvalue weighted by Gasteiger charge is -2.26. The molecule has 312 valence electrons. The molecule has 0 amide bonds. The molecule has 0 saturated carbocycles. The molecule has 0 aliphatic rings. The SMILES string of the molecule is Cc1cccc(C)c1-n1c(-c2ccc(C(C)(C)c3ccccc3)cc2)cnc1-c1cccc(-c2c(C)c(-c3ccc(C(C)(C)C)cc3)cc(-c3ccc(C(C)(C)C)cc3)c2C)c1. The molecule has 0 N–H and O–H groups in total. The molecular formula is C60H62N2. The van der Waals surface area contributed by atoms with Gasteiger partial charge in [0.15, 0.2) is 0 Å². The Kier molecular flexibility index (Phi) is 11.1. The Balaban J connectivity index is 1.29. The van der Waals surface area contributed by atoms with E-state index >= 15 is 0 Å². The van der Waals surface area contributed by atoms with Crippen LogP contribution in [0.2, 0.25) is 0 Å². The van der Waals surface area contributed by atoms with Gasteiger partial charge in [-0.05, 0) is 129 Å². The summed E-state index contributed by atoms with van der Waals surface area (Å²) in [6, 6.07) is 56.4. The van der Waals surface area contributed by atoms with Gasteiger partial charge in [-0.1, -0.05) is 195 Å². The van der Waals surface area contributed by atoms with Gasteiger partial charge in [-0.3, -0.25) is 4.57 Å². The molecule has 0 aliphatic carbocycles. The fourth-order valence-corrected chi connectivity index (χ4v) is 9.28. The summed E-state index contributed by atoms with van der Waals surface area (Å²) in [7, 11) is 0. The van der Waals surface area contributed by atoms with Crippen molar-refractivity contribution in [2.75, 3.05) is 0 Å². The summed E-state index contributed by atoms with van der Waals surface area (Å²) in [6.07, 6.45) is 2.06. The average Bonchev–Trinajstić information content (AvgIpc) is 3.68. The van der Waals surface area contributed by atoms with Crippen molar-refractivity contribution in [1.82, 2.24) is 9.55 Å². The molecule has 7 aromatic carbocycles. The molecule has 0 bridgehead atoms. The number of benzene rings is 7. The Morgan fingerprint density at radius 3 is 1.37 bits per heavy atom. The second-order valence-corrected chi connectivity index (χ2v) is 19.9. The fourth-order valence-electron chi connectivity index (χ4n) is 9.28. The van der Waals surface area contributed by atoms with Crippen molar-refractivity contribution in [3.05, 3.63) is 202 Å². The molecule has 0 spiro atoms. The summed E-state index contributed by atoms with van der Waals surface area (Å²) in [6.45, 7) is 27.3. The first kappa shape index (κ1) is 42.4. The van der Waals surface area contributed by atoms with Gasteiger partial charge in [0.2, 0.25) is 0 Å². The molecule has 0 unspecified atom stereocenters. The highest BCUT2D eigenvalue weighted by Crippen LogP contribution is 2.43. The van der Waals surface area contributed by atoms with E-state index in [1.54, 1.807) is 0 Å². The normalized spacial score (nSPS) is 12.2. The lowest BCUT2D eigenvalue weighted by atomic mass is 9.78. The van der Waals surface area contributed by atoms with Gasteiger partial charge in [0.25, 0.3) is 0 Å². The minimum absolute atomic E-state index is 0.0809. The number of imidazole rings is 1. The number of rotatable bonds is 8. The van der Waals surface area contributed by atoms with Crippen LogP contribution in [0.3, 0.4) is 0 Å². The molecule has 1 aromatic heterocycles. The lowest BCUT2D eigenvalue weighted by Crippen LogP contribution is -2.18. The summed E-state index contributed by atoms with van der Waals surface area (Å²) in [4.78, 5) is 5.27. The predicted molar refractivity (Wildman–Crippen MR) is 266 cm³/mol. The standard InChI is InChI=1S/C60H62N2/c1-39-18-16-19-40(2)56(39)62-54(45-28-34-51(35-29-45)60(11,12)50-22-14-13-15-23-50)38-61-57(62)47-21-17-20-46(36-47)55-41(3)52(43-24-30-48(31-25-43)58(5,6)7)37-53(42(55)4)44-26-32-49(33-27-44)59(8,9)10/h13-38H,1-12H3. The number of hydrogen-bond acceptors (Lipinski definition) is 1. The Bertz CT molecular complexity index is 2770. The van der Waals surface area contributed by atoms with Crippen molar-refractivity contribution in [2.24, 2.45) is 0 Å². The number of aromatic nitrogens is 2. The zero-order valence-corrected chi connectivity index (χ0v) is 38.9. The maximum atomic E-state index is 5.27. The van der Waals surface area contributed by atoms with Gasteiger partial charge in [0, 0.05) is 16.5 Å². The topological polar surface area (TPSA) is 17.8 Å². The van der Waals surface area contributed by atoms with Crippen LogP contribution in [-0.2, 0) is 16.2 Å². The quantitative estimate of drug-likeness (QED) is 0.149. The Hall–Kier alpha value is -6.25. The molecule has 0 saturated heterocycles. The zero-order valence-electron chi connectivity index (χ0n) is 38.9. The van der Waals surface area contributed by atoms with Crippen LogP contribution >= 0.6 is 0 Å². The van der Waals surface area contributed by atoms with Gasteiger partial charge < -0.3 is 0 Å². The number of aryl methyl sites for hydroxylation is 2. The van der Waals surface area contributed by atoms with E-state index in [0.717, 1.165) is 22.6 Å². The maximum Gasteiger partial charge on any atom is 0.145 e. The molecule has 2 nitrogen and oxygen atoms in total. The molecule has 0 fully saturated rings. The van der Waals surface area contributed by atoms with E-state index in [1.807, 2.05) is 0 Å². The largest absolute Gasteiger partial charge is 0.292 e. The van der Waals surface area contributed by atoms with Gasteiger partial charge in [-0.25, -0.2) is 4.98 Å². The Morgan fingerprint density at radius 1 is 0.403 bits per heavy atom. The first-order valence-corrected chi connectivity index (χ1v) is 22.2. The van der Waals surface area contributed by atoms with E-state index in [4.69, 9.17) is 4.98 Å². The number of hydrogen-bond donors (Lipinski definition) is 0. The van der Waals surface area contributed by atoms with E-state index in [1.165, 1.54) is 83.6 Å². The third-order valence-electron chi connectivity index (χ3n) is 13.2. The van der Waals surface area contributed by atoms with Gasteiger partial charge in [0.1, 0.15) is 5.82 Å². The van der Waals surface area contributed by atoms with E-state index in [0.29, 0.717) is 0 Å². The van der Waals surface area contributed by atoms with Gasteiger partial charge in [0.05, 0.1) is 17.6 Å². The van der Waals surface area contributed by atoms with Crippen molar-refractivity contribution < 1.29 is 0 Å². The summed E-state index contributed by atoms with van der Waals surface area (Å²) in [5.74, 6) is 0.926. The highest BCUT2D eigenvalue weighted by Gasteiger charge is 2.25. The summed E-state index contributed by atoms with van der Waals surface area (Å²) in [5, 5.41) is 0. The first-order chi connectivity index (χ1) is 29.4. The first-order valence-electron chi connectivity index (χ1n) is 22.2. The van der Waals surface area contributed by atoms with Crippen molar-refractivity contribution in [3.8, 4) is 61.7 Å². The van der Waals surface area contributed by atoms with Crippen LogP contribution in [0.4, 0.5) is 0 Å². The van der Waals surface area contributed by atoms with Crippen molar-refractivity contribution in [1.29, 1.82) is 0 Å². The average molecular weight is 811 g/mol. The van der Waals surface area contributed by atoms with Crippen LogP contribution in [0.5, 0.6) is 0 Å². The van der Waals surface area contributed by atoms with Crippen LogP contribution in [0, 0.1) is 27.7 Å². The van der Waals surface area contributed by atoms with Crippen molar-refractivity contribution in [3.63, 3.8) is 0 Å². The van der Waals surface area contributed by atoms with Crippen LogP contribution in [0.15, 0.2) is 158 Å².